The summed E-state index contributed by atoms with van der Waals surface area (Å²) in [4.78, 5) is 13.7. The van der Waals surface area contributed by atoms with Crippen LogP contribution in [0.1, 0.15) is 33.1 Å². The molecule has 1 unspecified atom stereocenters. The lowest BCUT2D eigenvalue weighted by atomic mass is 10.1. The quantitative estimate of drug-likeness (QED) is 0.702. The summed E-state index contributed by atoms with van der Waals surface area (Å²) in [6.07, 6.45) is 3.25. The van der Waals surface area contributed by atoms with Gasteiger partial charge >= 0.3 is 0 Å². The minimum absolute atomic E-state index is 0.0772. The Balaban J connectivity index is 2.35. The Morgan fingerprint density at radius 3 is 2.92 bits per heavy atom. The molecule has 0 aromatic carbocycles. The van der Waals surface area contributed by atoms with Crippen LogP contribution in [0.4, 0.5) is 0 Å². The van der Waals surface area contributed by atoms with Crippen molar-refractivity contribution in [3.8, 4) is 0 Å². The van der Waals surface area contributed by atoms with Gasteiger partial charge in [0.15, 0.2) is 0 Å². The van der Waals surface area contributed by atoms with Gasteiger partial charge in [-0.05, 0) is 25.2 Å². The highest BCUT2D eigenvalue weighted by atomic mass is 79.9. The first kappa shape index (κ1) is 11.0. The minimum atomic E-state index is 0.0772. The van der Waals surface area contributed by atoms with E-state index in [-0.39, 0.29) is 10.7 Å². The number of halogens is 1. The third-order valence-corrected chi connectivity index (χ3v) is 3.29. The first-order valence-electron chi connectivity index (χ1n) is 5.04. The molecule has 0 bridgehead atoms. The zero-order chi connectivity index (χ0) is 9.84. The van der Waals surface area contributed by atoms with Gasteiger partial charge in [0.05, 0.1) is 4.83 Å². The lowest BCUT2D eigenvalue weighted by Gasteiger charge is -2.30. The number of alkyl halides is 1. The van der Waals surface area contributed by atoms with Crippen LogP contribution in [-0.2, 0) is 4.79 Å². The largest absolute Gasteiger partial charge is 0.342 e. The Kier molecular flexibility index (Phi) is 4.23. The van der Waals surface area contributed by atoms with Gasteiger partial charge in [0.1, 0.15) is 0 Å². The highest BCUT2D eigenvalue weighted by Gasteiger charge is 2.25. The molecule has 13 heavy (non-hydrogen) atoms. The Morgan fingerprint density at radius 1 is 1.62 bits per heavy atom. The van der Waals surface area contributed by atoms with Gasteiger partial charge in [-0.25, -0.2) is 0 Å². The van der Waals surface area contributed by atoms with E-state index in [2.05, 4.69) is 29.8 Å². The maximum atomic E-state index is 11.6. The molecule has 0 N–H and O–H groups in total. The maximum Gasteiger partial charge on any atom is 0.236 e. The molecule has 0 aromatic rings. The van der Waals surface area contributed by atoms with E-state index >= 15 is 0 Å². The van der Waals surface area contributed by atoms with Crippen LogP contribution >= 0.6 is 15.9 Å². The second-order valence-corrected chi connectivity index (χ2v) is 5.22. The van der Waals surface area contributed by atoms with E-state index in [1.807, 2.05) is 4.90 Å². The molecule has 1 heterocycles. The highest BCUT2D eigenvalue weighted by Crippen LogP contribution is 2.19. The van der Waals surface area contributed by atoms with Crippen molar-refractivity contribution < 1.29 is 4.79 Å². The molecular formula is C10H18BrNO. The van der Waals surface area contributed by atoms with Crippen LogP contribution in [-0.4, -0.2) is 28.7 Å². The molecule has 76 valence electrons. The van der Waals surface area contributed by atoms with Gasteiger partial charge in [-0.2, -0.15) is 0 Å². The lowest BCUT2D eigenvalue weighted by Crippen LogP contribution is -2.42. The molecule has 0 spiro atoms. The molecule has 1 rings (SSSR count). The topological polar surface area (TPSA) is 20.3 Å². The summed E-state index contributed by atoms with van der Waals surface area (Å²) < 4.78 is 0. The van der Waals surface area contributed by atoms with Crippen LogP contribution < -0.4 is 0 Å². The molecule has 1 atom stereocenters. The minimum Gasteiger partial charge on any atom is -0.342 e. The van der Waals surface area contributed by atoms with Gasteiger partial charge in [0, 0.05) is 13.1 Å². The number of hydrogen-bond acceptors (Lipinski definition) is 1. The summed E-state index contributed by atoms with van der Waals surface area (Å²) in [5.41, 5.74) is 0. The molecule has 1 amide bonds. The zero-order valence-electron chi connectivity index (χ0n) is 8.42. The molecule has 3 heteroatoms. The van der Waals surface area contributed by atoms with E-state index in [4.69, 9.17) is 0 Å². The van der Waals surface area contributed by atoms with E-state index in [1.54, 1.807) is 0 Å². The molecule has 1 fully saturated rings. The SMILES string of the molecule is CC(C)CCN1CCCC(Br)C1=O. The summed E-state index contributed by atoms with van der Waals surface area (Å²) >= 11 is 3.41. The van der Waals surface area contributed by atoms with Crippen molar-refractivity contribution >= 4 is 21.8 Å². The molecule has 0 aliphatic carbocycles. The number of carbonyl (C=O) groups is 1. The van der Waals surface area contributed by atoms with Gasteiger partial charge < -0.3 is 4.90 Å². The second-order valence-electron chi connectivity index (χ2n) is 4.12. The first-order valence-corrected chi connectivity index (χ1v) is 5.95. The van der Waals surface area contributed by atoms with E-state index in [0.29, 0.717) is 5.92 Å². The third kappa shape index (κ3) is 3.29. The molecule has 1 aliphatic heterocycles. The van der Waals surface area contributed by atoms with Crippen LogP contribution in [0.5, 0.6) is 0 Å². The molecule has 0 aromatic heterocycles. The van der Waals surface area contributed by atoms with E-state index < -0.39 is 0 Å². The summed E-state index contributed by atoms with van der Waals surface area (Å²) in [6, 6.07) is 0. The van der Waals surface area contributed by atoms with Gasteiger partial charge in [0.25, 0.3) is 0 Å². The van der Waals surface area contributed by atoms with Gasteiger partial charge in [-0.1, -0.05) is 29.8 Å². The Labute approximate surface area is 88.8 Å². The maximum absolute atomic E-state index is 11.6. The fourth-order valence-corrected chi connectivity index (χ4v) is 2.14. The van der Waals surface area contributed by atoms with E-state index in [1.165, 1.54) is 0 Å². The number of carbonyl (C=O) groups excluding carboxylic acids is 1. The van der Waals surface area contributed by atoms with E-state index in [0.717, 1.165) is 32.4 Å². The number of amides is 1. The van der Waals surface area contributed by atoms with E-state index in [9.17, 15) is 4.79 Å². The van der Waals surface area contributed by atoms with Crippen molar-refractivity contribution in [2.24, 2.45) is 5.92 Å². The summed E-state index contributed by atoms with van der Waals surface area (Å²) in [5.74, 6) is 0.968. The standard InChI is InChI=1S/C10H18BrNO/c1-8(2)5-7-12-6-3-4-9(11)10(12)13/h8-9H,3-7H2,1-2H3. The zero-order valence-corrected chi connectivity index (χ0v) is 10.0. The van der Waals surface area contributed by atoms with Crippen molar-refractivity contribution in [1.82, 2.24) is 4.90 Å². The number of likely N-dealkylation sites (tertiary alicyclic amines) is 1. The Hall–Kier alpha value is -0.0500. The van der Waals surface area contributed by atoms with Crippen LogP contribution in [0.3, 0.4) is 0 Å². The van der Waals surface area contributed by atoms with Crippen molar-refractivity contribution in [2.75, 3.05) is 13.1 Å². The number of hydrogen-bond donors (Lipinski definition) is 0. The van der Waals surface area contributed by atoms with Gasteiger partial charge in [-0.3, -0.25) is 4.79 Å². The number of piperidine rings is 1. The monoisotopic (exact) mass is 247 g/mol. The van der Waals surface area contributed by atoms with Crippen molar-refractivity contribution in [2.45, 2.75) is 37.9 Å². The lowest BCUT2D eigenvalue weighted by molar-refractivity contribution is -0.132. The molecule has 0 radical (unpaired) electrons. The molecule has 1 aliphatic rings. The average Bonchev–Trinajstić information content (AvgIpc) is 2.07. The predicted molar refractivity (Wildman–Crippen MR) is 58.0 cm³/mol. The van der Waals surface area contributed by atoms with Crippen molar-refractivity contribution in [1.29, 1.82) is 0 Å². The Bertz CT molecular complexity index is 182. The fourth-order valence-electron chi connectivity index (χ4n) is 1.53. The van der Waals surface area contributed by atoms with Gasteiger partial charge in [-0.15, -0.1) is 0 Å². The predicted octanol–water partition coefficient (Wildman–Crippen LogP) is 2.42. The first-order chi connectivity index (χ1) is 6.11. The smallest absolute Gasteiger partial charge is 0.236 e. The van der Waals surface area contributed by atoms with Crippen molar-refractivity contribution in [3.63, 3.8) is 0 Å². The normalized spacial score (nSPS) is 24.2. The fraction of sp³-hybridized carbons (Fsp3) is 0.900. The molecule has 2 nitrogen and oxygen atoms in total. The van der Waals surface area contributed by atoms with Crippen LogP contribution in [0.2, 0.25) is 0 Å². The average molecular weight is 248 g/mol. The van der Waals surface area contributed by atoms with Crippen molar-refractivity contribution in [3.05, 3.63) is 0 Å². The summed E-state index contributed by atoms with van der Waals surface area (Å²) in [6.45, 7) is 6.27. The highest BCUT2D eigenvalue weighted by molar-refractivity contribution is 9.10. The molecule has 0 saturated carbocycles. The number of rotatable bonds is 3. The summed E-state index contributed by atoms with van der Waals surface area (Å²) in [7, 11) is 0. The summed E-state index contributed by atoms with van der Waals surface area (Å²) in [5, 5.41) is 0. The van der Waals surface area contributed by atoms with Crippen LogP contribution in [0.25, 0.3) is 0 Å². The van der Waals surface area contributed by atoms with Gasteiger partial charge in [0.2, 0.25) is 5.91 Å². The molecular weight excluding hydrogens is 230 g/mol. The second kappa shape index (κ2) is 4.99. The number of nitrogens with zero attached hydrogens (tertiary/aromatic N) is 1. The molecule has 1 saturated heterocycles. The van der Waals surface area contributed by atoms with Crippen LogP contribution in [0, 0.1) is 5.92 Å². The van der Waals surface area contributed by atoms with Crippen LogP contribution in [0.15, 0.2) is 0 Å². The third-order valence-electron chi connectivity index (χ3n) is 2.44. The Morgan fingerprint density at radius 2 is 2.31 bits per heavy atom.